The first-order chi connectivity index (χ1) is 14.5. The lowest BCUT2D eigenvalue weighted by Gasteiger charge is -2.46. The van der Waals surface area contributed by atoms with E-state index in [1.165, 1.54) is 0 Å². The second-order valence-electron chi connectivity index (χ2n) is 7.87. The Morgan fingerprint density at radius 3 is 2.87 bits per heavy atom. The van der Waals surface area contributed by atoms with Crippen molar-refractivity contribution in [3.05, 3.63) is 29.8 Å². The second-order valence-corrected chi connectivity index (χ2v) is 7.87. The van der Waals surface area contributed by atoms with E-state index in [1.807, 2.05) is 0 Å². The Kier molecular flexibility index (Phi) is 6.08. The number of rotatable bonds is 5. The first-order valence-electron chi connectivity index (χ1n) is 10.4. The molecule has 3 aliphatic heterocycles. The second kappa shape index (κ2) is 8.91. The quantitative estimate of drug-likeness (QED) is 0.715. The molecule has 1 aromatic rings. The molecular weight excluding hydrogens is 390 g/mol. The molecule has 0 radical (unpaired) electrons. The van der Waals surface area contributed by atoms with Gasteiger partial charge in [0.05, 0.1) is 30.9 Å². The van der Waals surface area contributed by atoms with Crippen LogP contribution in [0.4, 0.5) is 4.79 Å². The Bertz CT molecular complexity index is 810. The molecule has 9 nitrogen and oxygen atoms in total. The molecule has 0 saturated carbocycles. The zero-order chi connectivity index (χ0) is 21.1. The van der Waals surface area contributed by atoms with Crippen LogP contribution >= 0.6 is 0 Å². The third-order valence-electron chi connectivity index (χ3n) is 5.65. The van der Waals surface area contributed by atoms with Crippen LogP contribution in [0.1, 0.15) is 23.7 Å². The highest BCUT2D eigenvalue weighted by molar-refractivity contribution is 5.89. The number of carbonyl (C=O) groups is 3. The predicted molar refractivity (Wildman–Crippen MR) is 106 cm³/mol. The van der Waals surface area contributed by atoms with Crippen molar-refractivity contribution >= 4 is 17.9 Å². The van der Waals surface area contributed by atoms with Gasteiger partial charge in [0.1, 0.15) is 12.4 Å². The van der Waals surface area contributed by atoms with E-state index in [0.717, 1.165) is 6.42 Å². The Labute approximate surface area is 175 Å². The number of hydrogen-bond donors (Lipinski definition) is 1. The molecule has 30 heavy (non-hydrogen) atoms. The van der Waals surface area contributed by atoms with Gasteiger partial charge >= 0.3 is 12.0 Å². The van der Waals surface area contributed by atoms with Crippen LogP contribution in [-0.2, 0) is 14.3 Å². The summed E-state index contributed by atoms with van der Waals surface area (Å²) < 4.78 is 16.4. The van der Waals surface area contributed by atoms with Crippen molar-refractivity contribution in [3.63, 3.8) is 0 Å². The lowest BCUT2D eigenvalue weighted by molar-refractivity contribution is -0.139. The van der Waals surface area contributed by atoms with Gasteiger partial charge in [-0.1, -0.05) is 6.07 Å². The molecule has 0 unspecified atom stereocenters. The number of likely N-dealkylation sites (tertiary alicyclic amines) is 2. The van der Waals surface area contributed by atoms with E-state index in [-0.39, 0.29) is 42.6 Å². The van der Waals surface area contributed by atoms with E-state index >= 15 is 0 Å². The Balaban J connectivity index is 1.22. The van der Waals surface area contributed by atoms with E-state index in [0.29, 0.717) is 50.7 Å². The summed E-state index contributed by atoms with van der Waals surface area (Å²) in [5.41, 5.74) is 0.460. The van der Waals surface area contributed by atoms with Crippen molar-refractivity contribution in [1.29, 1.82) is 0 Å². The number of urea groups is 1. The lowest BCUT2D eigenvalue weighted by atomic mass is 9.99. The van der Waals surface area contributed by atoms with Crippen molar-refractivity contribution in [2.75, 3.05) is 46.0 Å². The number of esters is 1. The Morgan fingerprint density at radius 2 is 2.07 bits per heavy atom. The fraction of sp³-hybridized carbons (Fsp3) is 0.571. The fourth-order valence-corrected chi connectivity index (χ4v) is 4.05. The topological polar surface area (TPSA) is 97.4 Å². The highest BCUT2D eigenvalue weighted by atomic mass is 16.5. The molecule has 3 fully saturated rings. The number of nitrogens with zero attached hydrogens (tertiary/aromatic N) is 2. The third kappa shape index (κ3) is 4.51. The molecule has 162 valence electrons. The van der Waals surface area contributed by atoms with Crippen LogP contribution in [0.3, 0.4) is 0 Å². The van der Waals surface area contributed by atoms with Crippen LogP contribution in [0.25, 0.3) is 0 Å². The van der Waals surface area contributed by atoms with Crippen molar-refractivity contribution in [2.24, 2.45) is 5.92 Å². The van der Waals surface area contributed by atoms with Gasteiger partial charge in [-0.3, -0.25) is 4.79 Å². The van der Waals surface area contributed by atoms with Crippen LogP contribution < -0.4 is 10.1 Å². The van der Waals surface area contributed by atoms with Gasteiger partial charge in [0.25, 0.3) is 0 Å². The maximum absolute atomic E-state index is 12.7. The van der Waals surface area contributed by atoms with Gasteiger partial charge in [0.2, 0.25) is 5.91 Å². The van der Waals surface area contributed by atoms with Crippen LogP contribution in [-0.4, -0.2) is 85.9 Å². The van der Waals surface area contributed by atoms with Gasteiger partial charge < -0.3 is 29.3 Å². The largest absolute Gasteiger partial charge is 0.493 e. The summed E-state index contributed by atoms with van der Waals surface area (Å²) in [6, 6.07) is 6.79. The van der Waals surface area contributed by atoms with E-state index in [9.17, 15) is 14.4 Å². The number of hydrogen-bond acceptors (Lipinski definition) is 6. The summed E-state index contributed by atoms with van der Waals surface area (Å²) in [5, 5.41) is 2.92. The van der Waals surface area contributed by atoms with Gasteiger partial charge in [0, 0.05) is 32.1 Å². The van der Waals surface area contributed by atoms with E-state index in [2.05, 4.69) is 5.32 Å². The molecule has 3 aliphatic rings. The minimum Gasteiger partial charge on any atom is -0.493 e. The molecular formula is C21H27N3O6. The predicted octanol–water partition coefficient (Wildman–Crippen LogP) is 0.883. The molecule has 3 amide bonds. The maximum Gasteiger partial charge on any atom is 0.338 e. The molecule has 3 saturated heterocycles. The van der Waals surface area contributed by atoms with E-state index in [1.54, 1.807) is 41.0 Å². The van der Waals surface area contributed by atoms with Gasteiger partial charge in [-0.15, -0.1) is 0 Å². The number of fused-ring (bicyclic) bond motifs is 1. The zero-order valence-corrected chi connectivity index (χ0v) is 17.0. The molecule has 1 N–H and O–H groups in total. The van der Waals surface area contributed by atoms with Crippen molar-refractivity contribution < 1.29 is 28.6 Å². The number of ether oxygens (including phenoxy) is 3. The average Bonchev–Trinajstić information content (AvgIpc) is 2.72. The molecule has 3 heterocycles. The highest BCUT2D eigenvalue weighted by Crippen LogP contribution is 2.23. The first-order valence-corrected chi connectivity index (χ1v) is 10.4. The smallest absolute Gasteiger partial charge is 0.338 e. The number of morpholine rings is 1. The normalized spacial score (nSPS) is 23.8. The summed E-state index contributed by atoms with van der Waals surface area (Å²) in [4.78, 5) is 39.7. The molecule has 0 spiro atoms. The molecule has 0 bridgehead atoms. The minimum absolute atomic E-state index is 0.00494. The van der Waals surface area contributed by atoms with E-state index < -0.39 is 0 Å². The van der Waals surface area contributed by atoms with Gasteiger partial charge in [-0.25, -0.2) is 9.59 Å². The van der Waals surface area contributed by atoms with Gasteiger partial charge in [0.15, 0.2) is 0 Å². The summed E-state index contributed by atoms with van der Waals surface area (Å²) in [6.45, 7) is 5.04. The Morgan fingerprint density at radius 1 is 1.23 bits per heavy atom. The highest BCUT2D eigenvalue weighted by Gasteiger charge is 2.40. The zero-order valence-electron chi connectivity index (χ0n) is 17.0. The lowest BCUT2D eigenvalue weighted by Crippen LogP contribution is -2.64. The summed E-state index contributed by atoms with van der Waals surface area (Å²) >= 11 is 0. The van der Waals surface area contributed by atoms with Crippen LogP contribution in [0.2, 0.25) is 0 Å². The van der Waals surface area contributed by atoms with Crippen molar-refractivity contribution in [3.8, 4) is 5.75 Å². The number of benzene rings is 1. The van der Waals surface area contributed by atoms with Crippen molar-refractivity contribution in [1.82, 2.24) is 15.1 Å². The maximum atomic E-state index is 12.7. The minimum atomic E-state index is -0.369. The molecule has 0 aromatic heterocycles. The summed E-state index contributed by atoms with van der Waals surface area (Å²) in [7, 11) is 0. The Hall–Kier alpha value is -2.81. The van der Waals surface area contributed by atoms with Gasteiger partial charge in [-0.2, -0.15) is 0 Å². The summed E-state index contributed by atoms with van der Waals surface area (Å²) in [6.07, 6.45) is 0.725. The number of piperidine rings is 1. The fourth-order valence-electron chi connectivity index (χ4n) is 4.05. The molecule has 9 heteroatoms. The average molecular weight is 417 g/mol. The molecule has 4 rings (SSSR count). The molecule has 2 atom stereocenters. The van der Waals surface area contributed by atoms with Crippen LogP contribution in [0, 0.1) is 5.92 Å². The standard InChI is InChI=1S/C21H27N3O6/c1-2-28-20(26)15-4-3-5-16(8-15)29-12-14-9-24(10-14)21(27)23-7-6-18-17(11-23)22-19(25)13-30-18/h3-5,8,14,17-18H,2,6-7,9-13H2,1H3,(H,22,25)/t17-,18+/m1/s1. The first kappa shape index (κ1) is 20.5. The van der Waals surface area contributed by atoms with Crippen LogP contribution in [0.15, 0.2) is 24.3 Å². The summed E-state index contributed by atoms with van der Waals surface area (Å²) in [5.74, 6) is 0.362. The number of carbonyl (C=O) groups excluding carboxylic acids is 3. The van der Waals surface area contributed by atoms with Gasteiger partial charge in [-0.05, 0) is 31.5 Å². The molecule has 1 aromatic carbocycles. The third-order valence-corrected chi connectivity index (χ3v) is 5.65. The SMILES string of the molecule is CCOC(=O)c1cccc(OCC2CN(C(=O)N3CC[C@@H]4OCC(=O)N[C@@H]4C3)C2)c1. The van der Waals surface area contributed by atoms with E-state index in [4.69, 9.17) is 14.2 Å². The molecule has 0 aliphatic carbocycles. The monoisotopic (exact) mass is 417 g/mol. The van der Waals surface area contributed by atoms with Crippen molar-refractivity contribution in [2.45, 2.75) is 25.5 Å². The van der Waals surface area contributed by atoms with Crippen LogP contribution in [0.5, 0.6) is 5.75 Å². The number of nitrogens with one attached hydrogen (secondary N) is 1. The number of amides is 3.